The van der Waals surface area contributed by atoms with Crippen molar-refractivity contribution in [1.29, 1.82) is 0 Å². The number of nitrogens with zero attached hydrogens (tertiary/aromatic N) is 1. The normalized spacial score (nSPS) is 29.2. The van der Waals surface area contributed by atoms with Crippen molar-refractivity contribution < 1.29 is 0 Å². The van der Waals surface area contributed by atoms with Crippen molar-refractivity contribution in [2.45, 2.75) is 39.0 Å². The number of hydrogen-bond acceptors (Lipinski definition) is 0. The summed E-state index contributed by atoms with van der Waals surface area (Å²) in [7, 11) is 2.68. The Labute approximate surface area is 77.5 Å². The van der Waals surface area contributed by atoms with E-state index in [4.69, 9.17) is 0 Å². The highest BCUT2D eigenvalue weighted by Gasteiger charge is 2.31. The summed E-state index contributed by atoms with van der Waals surface area (Å²) in [5, 5.41) is 5.87. The fourth-order valence-electron chi connectivity index (χ4n) is 2.05. The molecule has 12 heavy (non-hydrogen) atoms. The zero-order valence-electron chi connectivity index (χ0n) is 7.45. The molecule has 0 N–H and O–H groups in total. The topological polar surface area (TPSA) is 14.1 Å². The van der Waals surface area contributed by atoms with E-state index in [2.05, 4.69) is 18.2 Å². The van der Waals surface area contributed by atoms with Gasteiger partial charge in [-0.3, -0.25) is 0 Å². The van der Waals surface area contributed by atoms with Crippen LogP contribution < -0.4 is 5.09 Å². The monoisotopic (exact) mass is 198 g/mol. The molecule has 1 radical (unpaired) electrons. The summed E-state index contributed by atoms with van der Waals surface area (Å²) < 4.78 is 0. The minimum Gasteiger partial charge on any atom is -0.230 e. The van der Waals surface area contributed by atoms with Gasteiger partial charge in [-0.05, 0) is 26.1 Å². The van der Waals surface area contributed by atoms with Gasteiger partial charge in [0.25, 0.3) is 0 Å². The van der Waals surface area contributed by atoms with Gasteiger partial charge < -0.3 is 0 Å². The summed E-state index contributed by atoms with van der Waals surface area (Å²) in [5.74, 6) is 0. The van der Waals surface area contributed by atoms with E-state index in [1.54, 1.807) is 5.31 Å². The minimum atomic E-state index is 0.507. The Kier molecular flexibility index (Phi) is 2.53. The lowest BCUT2D eigenvalue weighted by molar-refractivity contribution is 0.280. The average molecular weight is 198 g/mol. The van der Waals surface area contributed by atoms with Gasteiger partial charge in [0.05, 0.1) is 8.02 Å². The summed E-state index contributed by atoms with van der Waals surface area (Å²) in [6, 6.07) is 0. The molecule has 1 saturated carbocycles. The van der Waals surface area contributed by atoms with Crippen LogP contribution >= 0.6 is 15.9 Å². The van der Waals surface area contributed by atoms with Gasteiger partial charge in [0.15, 0.2) is 0 Å². The highest BCUT2D eigenvalue weighted by atomic mass is 31.7. The summed E-state index contributed by atoms with van der Waals surface area (Å²) in [4.78, 5) is 0. The lowest BCUT2D eigenvalue weighted by atomic mass is 9.75. The van der Waals surface area contributed by atoms with Crippen molar-refractivity contribution in [3.8, 4) is 0 Å². The van der Waals surface area contributed by atoms with Crippen LogP contribution in [0.3, 0.4) is 0 Å². The van der Waals surface area contributed by atoms with Crippen molar-refractivity contribution in [3.05, 3.63) is 11.5 Å². The molecular formula is C9H14NP2. The molecular weight excluding hydrogens is 184 g/mol. The lowest BCUT2D eigenvalue weighted by Gasteiger charge is -2.33. The SMILES string of the molecule is CC1(C2=C[N]P=P2)CCCCC1. The molecule has 1 nitrogen and oxygen atoms in total. The second-order valence-corrected chi connectivity index (χ2v) is 6.17. The first-order valence-corrected chi connectivity index (χ1v) is 7.07. The highest BCUT2D eigenvalue weighted by Crippen LogP contribution is 2.50. The maximum absolute atomic E-state index is 4.28. The Hall–Kier alpha value is 0.140. The second-order valence-electron chi connectivity index (χ2n) is 3.94. The van der Waals surface area contributed by atoms with Gasteiger partial charge >= 0.3 is 0 Å². The third kappa shape index (κ3) is 1.58. The van der Waals surface area contributed by atoms with Crippen LogP contribution in [0.15, 0.2) is 11.5 Å². The van der Waals surface area contributed by atoms with Gasteiger partial charge in [0, 0.05) is 11.5 Å². The molecule has 1 heterocycles. The lowest BCUT2D eigenvalue weighted by Crippen LogP contribution is -2.20. The molecule has 0 spiro atoms. The van der Waals surface area contributed by atoms with Gasteiger partial charge in [-0.1, -0.05) is 26.2 Å². The fourth-order valence-corrected chi connectivity index (χ4v) is 4.50. The Bertz CT molecular complexity index is 227. The summed E-state index contributed by atoms with van der Waals surface area (Å²) in [6.45, 7) is 2.42. The first-order valence-electron chi connectivity index (χ1n) is 4.63. The zero-order chi connectivity index (χ0) is 8.44. The van der Waals surface area contributed by atoms with Crippen LogP contribution in [0.2, 0.25) is 0 Å². The quantitative estimate of drug-likeness (QED) is 0.562. The molecule has 3 heteroatoms. The van der Waals surface area contributed by atoms with E-state index in [9.17, 15) is 0 Å². The molecule has 2 aliphatic rings. The van der Waals surface area contributed by atoms with Crippen LogP contribution in [0.1, 0.15) is 39.0 Å². The molecule has 0 aromatic heterocycles. The van der Waals surface area contributed by atoms with Crippen LogP contribution in [0.4, 0.5) is 0 Å². The van der Waals surface area contributed by atoms with Crippen LogP contribution in [0.5, 0.6) is 0 Å². The van der Waals surface area contributed by atoms with Crippen LogP contribution in [0.25, 0.3) is 0 Å². The molecule has 0 unspecified atom stereocenters. The predicted molar refractivity (Wildman–Crippen MR) is 55.2 cm³/mol. The number of allylic oxidation sites excluding steroid dienone is 1. The molecule has 1 aliphatic heterocycles. The van der Waals surface area contributed by atoms with E-state index < -0.39 is 0 Å². The van der Waals surface area contributed by atoms with E-state index in [1.807, 2.05) is 0 Å². The second kappa shape index (κ2) is 3.48. The van der Waals surface area contributed by atoms with Crippen LogP contribution in [-0.4, -0.2) is 0 Å². The minimum absolute atomic E-state index is 0.507. The van der Waals surface area contributed by atoms with Gasteiger partial charge in [-0.15, -0.1) is 0 Å². The van der Waals surface area contributed by atoms with E-state index in [0.29, 0.717) is 5.41 Å². The third-order valence-electron chi connectivity index (χ3n) is 2.96. The van der Waals surface area contributed by atoms with Gasteiger partial charge in [0.2, 0.25) is 0 Å². The molecule has 1 aliphatic carbocycles. The smallest absolute Gasteiger partial charge is 0.0696 e. The number of rotatable bonds is 1. The summed E-state index contributed by atoms with van der Waals surface area (Å²) in [6.07, 6.45) is 9.16. The molecule has 0 aromatic rings. The Balaban J connectivity index is 2.13. The van der Waals surface area contributed by atoms with E-state index in [0.717, 1.165) is 0 Å². The maximum atomic E-state index is 4.28. The third-order valence-corrected chi connectivity index (χ3v) is 5.36. The highest BCUT2D eigenvalue weighted by molar-refractivity contribution is 7.85. The van der Waals surface area contributed by atoms with Gasteiger partial charge in [-0.2, -0.15) is 0 Å². The average Bonchev–Trinajstić information content (AvgIpc) is 2.58. The Morgan fingerprint density at radius 1 is 1.33 bits per heavy atom. The van der Waals surface area contributed by atoms with Crippen molar-refractivity contribution in [2.24, 2.45) is 5.41 Å². The largest absolute Gasteiger partial charge is 0.230 e. The predicted octanol–water partition coefficient (Wildman–Crippen LogP) is 4.14. The van der Waals surface area contributed by atoms with E-state index in [1.165, 1.54) is 48.0 Å². The molecule has 1 fully saturated rings. The Morgan fingerprint density at radius 2 is 2.08 bits per heavy atom. The molecule has 65 valence electrons. The van der Waals surface area contributed by atoms with Gasteiger partial charge in [-0.25, -0.2) is 5.09 Å². The van der Waals surface area contributed by atoms with Crippen molar-refractivity contribution in [2.75, 3.05) is 0 Å². The van der Waals surface area contributed by atoms with E-state index >= 15 is 0 Å². The van der Waals surface area contributed by atoms with Crippen LogP contribution in [-0.2, 0) is 0 Å². The van der Waals surface area contributed by atoms with Crippen molar-refractivity contribution in [3.63, 3.8) is 0 Å². The van der Waals surface area contributed by atoms with Gasteiger partial charge in [0.1, 0.15) is 0 Å². The molecule has 0 saturated heterocycles. The summed E-state index contributed by atoms with van der Waals surface area (Å²) in [5.41, 5.74) is 0.507. The molecule has 2 rings (SSSR count). The standard InChI is InChI=1S/C9H14NP2/c1-9(5-3-2-4-6-9)8-7-10-12-11-8/h7H,2-6H2,1H3. The van der Waals surface area contributed by atoms with Crippen LogP contribution in [0, 0.1) is 5.41 Å². The zero-order valence-corrected chi connectivity index (χ0v) is 9.24. The van der Waals surface area contributed by atoms with E-state index in [-0.39, 0.29) is 0 Å². The molecule has 0 atom stereocenters. The molecule has 0 amide bonds. The van der Waals surface area contributed by atoms with Crippen molar-refractivity contribution >= 4 is 15.9 Å². The Morgan fingerprint density at radius 3 is 2.67 bits per heavy atom. The maximum Gasteiger partial charge on any atom is 0.0696 e. The number of hydrogen-bond donors (Lipinski definition) is 0. The van der Waals surface area contributed by atoms with Crippen molar-refractivity contribution in [1.82, 2.24) is 5.09 Å². The molecule has 0 aromatic carbocycles. The first-order chi connectivity index (χ1) is 5.81. The fraction of sp³-hybridized carbons (Fsp3) is 0.778. The molecule has 0 bridgehead atoms. The summed E-state index contributed by atoms with van der Waals surface area (Å²) >= 11 is 0. The first kappa shape index (κ1) is 8.73.